The Morgan fingerprint density at radius 2 is 1.68 bits per heavy atom. The van der Waals surface area contributed by atoms with E-state index in [-0.39, 0.29) is 12.1 Å². The summed E-state index contributed by atoms with van der Waals surface area (Å²) in [5.74, 6) is 0.881. The molecule has 3 rings (SSSR count). The van der Waals surface area contributed by atoms with Gasteiger partial charge in [-0.1, -0.05) is 15.9 Å². The van der Waals surface area contributed by atoms with Crippen molar-refractivity contribution >= 4 is 22.1 Å². The topological polar surface area (TPSA) is 115 Å². The number of aromatic hydroxyl groups is 1. The van der Waals surface area contributed by atoms with Crippen LogP contribution in [0.1, 0.15) is 11.1 Å². The predicted molar refractivity (Wildman–Crippen MR) is 119 cm³/mol. The van der Waals surface area contributed by atoms with Gasteiger partial charge in [0.15, 0.2) is 11.5 Å². The number of halogens is 1. The minimum absolute atomic E-state index is 0.144. The molecule has 0 radical (unpaired) electrons. The van der Waals surface area contributed by atoms with Gasteiger partial charge >= 0.3 is 5.69 Å². The first-order valence-electron chi connectivity index (χ1n) is 9.02. The van der Waals surface area contributed by atoms with E-state index in [9.17, 15) is 14.7 Å². The molecule has 0 spiro atoms. The van der Waals surface area contributed by atoms with E-state index in [4.69, 9.17) is 14.2 Å². The van der Waals surface area contributed by atoms with Gasteiger partial charge in [0, 0.05) is 10.7 Å². The van der Waals surface area contributed by atoms with E-state index >= 15 is 0 Å². The number of aliphatic imine (C=N–C) groups is 1. The van der Waals surface area contributed by atoms with Crippen molar-refractivity contribution in [3.8, 4) is 28.8 Å². The lowest BCUT2D eigenvalue weighted by Gasteiger charge is -2.13. The maximum atomic E-state index is 12.2. The quantitative estimate of drug-likeness (QED) is 0.493. The van der Waals surface area contributed by atoms with Gasteiger partial charge in [0.25, 0.3) is 5.56 Å². The van der Waals surface area contributed by atoms with Crippen molar-refractivity contribution < 1.29 is 19.3 Å². The fourth-order valence-corrected chi connectivity index (χ4v) is 3.22. The lowest BCUT2D eigenvalue weighted by Crippen LogP contribution is -2.31. The average molecular weight is 490 g/mol. The van der Waals surface area contributed by atoms with Gasteiger partial charge in [-0.05, 0) is 42.0 Å². The summed E-state index contributed by atoms with van der Waals surface area (Å²) >= 11 is 3.31. The molecule has 0 aliphatic rings. The SMILES string of the molecule is COc1cc(CN=Cc2c(O)n(-c3ccc(Br)cc3)c(=O)[nH]c2=O)cc(OC)c1OC. The molecule has 10 heteroatoms. The molecule has 31 heavy (non-hydrogen) atoms. The van der Waals surface area contributed by atoms with E-state index in [0.29, 0.717) is 22.9 Å². The normalized spacial score (nSPS) is 11.0. The molecule has 2 aromatic carbocycles. The van der Waals surface area contributed by atoms with Crippen LogP contribution in [0.5, 0.6) is 23.1 Å². The Morgan fingerprint density at radius 3 is 2.23 bits per heavy atom. The fourth-order valence-electron chi connectivity index (χ4n) is 2.95. The monoisotopic (exact) mass is 489 g/mol. The number of methoxy groups -OCH3 is 3. The molecule has 0 saturated carbocycles. The molecule has 9 nitrogen and oxygen atoms in total. The van der Waals surface area contributed by atoms with Crippen LogP contribution in [0.2, 0.25) is 0 Å². The van der Waals surface area contributed by atoms with Gasteiger partial charge < -0.3 is 19.3 Å². The van der Waals surface area contributed by atoms with Gasteiger partial charge in [0.1, 0.15) is 5.56 Å². The summed E-state index contributed by atoms with van der Waals surface area (Å²) in [5.41, 5.74) is -0.532. The zero-order valence-corrected chi connectivity index (χ0v) is 18.6. The second kappa shape index (κ2) is 9.52. The summed E-state index contributed by atoms with van der Waals surface area (Å²) in [6, 6.07) is 10.1. The smallest absolute Gasteiger partial charge is 0.335 e. The van der Waals surface area contributed by atoms with Gasteiger partial charge in [-0.25, -0.2) is 9.36 Å². The molecule has 0 aliphatic heterocycles. The standard InChI is InChI=1S/C21H20BrN3O6/c1-29-16-8-12(9-17(30-2)18(16)31-3)10-23-11-15-19(26)24-21(28)25(20(15)27)14-6-4-13(22)5-7-14/h4-9,11,27H,10H2,1-3H3,(H,24,26,28). The van der Waals surface area contributed by atoms with Crippen molar-refractivity contribution in [1.82, 2.24) is 9.55 Å². The molecule has 0 unspecified atom stereocenters. The second-order valence-corrected chi connectivity index (χ2v) is 7.23. The van der Waals surface area contributed by atoms with Crippen molar-refractivity contribution in [3.63, 3.8) is 0 Å². The Kier molecular flexibility index (Phi) is 6.81. The van der Waals surface area contributed by atoms with E-state index in [2.05, 4.69) is 25.9 Å². The molecule has 1 heterocycles. The summed E-state index contributed by atoms with van der Waals surface area (Å²) in [5, 5.41) is 10.6. The van der Waals surface area contributed by atoms with Crippen molar-refractivity contribution in [2.75, 3.05) is 21.3 Å². The van der Waals surface area contributed by atoms with Crippen LogP contribution in [-0.2, 0) is 6.54 Å². The highest BCUT2D eigenvalue weighted by Crippen LogP contribution is 2.38. The third-order valence-electron chi connectivity index (χ3n) is 4.42. The first-order chi connectivity index (χ1) is 14.9. The highest BCUT2D eigenvalue weighted by Gasteiger charge is 2.15. The molecule has 2 N–H and O–H groups in total. The number of hydrogen-bond donors (Lipinski definition) is 2. The number of aromatic nitrogens is 2. The minimum atomic E-state index is -0.758. The van der Waals surface area contributed by atoms with E-state index < -0.39 is 17.1 Å². The molecule has 0 fully saturated rings. The van der Waals surface area contributed by atoms with Crippen molar-refractivity contribution in [3.05, 3.63) is 72.8 Å². The maximum Gasteiger partial charge on any atom is 0.335 e. The Morgan fingerprint density at radius 1 is 1.06 bits per heavy atom. The molecular formula is C21H20BrN3O6. The summed E-state index contributed by atoms with van der Waals surface area (Å²) < 4.78 is 17.7. The lowest BCUT2D eigenvalue weighted by molar-refractivity contribution is 0.324. The first kappa shape index (κ1) is 22.2. The number of rotatable bonds is 7. The average Bonchev–Trinajstić information content (AvgIpc) is 2.76. The van der Waals surface area contributed by atoms with Crippen LogP contribution in [0.3, 0.4) is 0 Å². The van der Waals surface area contributed by atoms with Crippen LogP contribution in [-0.4, -0.2) is 42.2 Å². The number of ether oxygens (including phenoxy) is 3. The highest BCUT2D eigenvalue weighted by molar-refractivity contribution is 9.10. The van der Waals surface area contributed by atoms with E-state index in [0.717, 1.165) is 14.6 Å². The van der Waals surface area contributed by atoms with Crippen LogP contribution in [0.15, 0.2) is 55.5 Å². The molecule has 0 atom stereocenters. The molecule has 0 bridgehead atoms. The van der Waals surface area contributed by atoms with Gasteiger partial charge in [-0.2, -0.15) is 0 Å². The summed E-state index contributed by atoms with van der Waals surface area (Å²) in [6.45, 7) is 0.160. The number of aromatic amines is 1. The third-order valence-corrected chi connectivity index (χ3v) is 4.95. The Balaban J connectivity index is 1.96. The van der Waals surface area contributed by atoms with Gasteiger partial charge in [0.2, 0.25) is 11.6 Å². The van der Waals surface area contributed by atoms with Gasteiger partial charge in [-0.3, -0.25) is 14.8 Å². The van der Waals surface area contributed by atoms with Crippen LogP contribution in [0.25, 0.3) is 5.69 Å². The largest absolute Gasteiger partial charge is 0.493 e. The third kappa shape index (κ3) is 4.64. The van der Waals surface area contributed by atoms with Crippen LogP contribution < -0.4 is 25.5 Å². The zero-order valence-electron chi connectivity index (χ0n) is 17.0. The van der Waals surface area contributed by atoms with Gasteiger partial charge in [0.05, 0.1) is 33.6 Å². The van der Waals surface area contributed by atoms with Crippen molar-refractivity contribution in [1.29, 1.82) is 0 Å². The van der Waals surface area contributed by atoms with Crippen LogP contribution in [0, 0.1) is 0 Å². The summed E-state index contributed by atoms with van der Waals surface area (Å²) in [6.07, 6.45) is 1.21. The lowest BCUT2D eigenvalue weighted by atomic mass is 10.2. The predicted octanol–water partition coefficient (Wildman–Crippen LogP) is 2.64. The first-order valence-corrected chi connectivity index (χ1v) is 9.81. The molecule has 1 aromatic heterocycles. The van der Waals surface area contributed by atoms with E-state index in [1.54, 1.807) is 36.4 Å². The molecule has 0 saturated heterocycles. The summed E-state index contributed by atoms with van der Waals surface area (Å²) in [4.78, 5) is 30.9. The maximum absolute atomic E-state index is 12.2. The zero-order chi connectivity index (χ0) is 22.5. The number of nitrogens with zero attached hydrogens (tertiary/aromatic N) is 2. The van der Waals surface area contributed by atoms with Crippen molar-refractivity contribution in [2.24, 2.45) is 4.99 Å². The second-order valence-electron chi connectivity index (χ2n) is 6.31. The Hall–Kier alpha value is -3.53. The van der Waals surface area contributed by atoms with Crippen molar-refractivity contribution in [2.45, 2.75) is 6.54 Å². The van der Waals surface area contributed by atoms with Crippen LogP contribution in [0.4, 0.5) is 0 Å². The number of hydrogen-bond acceptors (Lipinski definition) is 7. The summed E-state index contributed by atoms with van der Waals surface area (Å²) in [7, 11) is 4.52. The minimum Gasteiger partial charge on any atom is -0.493 e. The Bertz CT molecular complexity index is 1210. The van der Waals surface area contributed by atoms with E-state index in [1.165, 1.54) is 27.5 Å². The molecule has 3 aromatic rings. The number of nitrogens with one attached hydrogen (secondary N) is 1. The molecular weight excluding hydrogens is 470 g/mol. The van der Waals surface area contributed by atoms with Crippen LogP contribution >= 0.6 is 15.9 Å². The molecule has 0 amide bonds. The van der Waals surface area contributed by atoms with Gasteiger partial charge in [-0.15, -0.1) is 0 Å². The fraction of sp³-hybridized carbons (Fsp3) is 0.190. The molecule has 162 valence electrons. The number of benzene rings is 2. The Labute approximate surface area is 185 Å². The molecule has 0 aliphatic carbocycles. The number of H-pyrrole nitrogens is 1. The van der Waals surface area contributed by atoms with E-state index in [1.807, 2.05) is 0 Å². The highest BCUT2D eigenvalue weighted by atomic mass is 79.9.